The summed E-state index contributed by atoms with van der Waals surface area (Å²) in [5.41, 5.74) is 0.645. The van der Waals surface area contributed by atoms with Crippen LogP contribution in [0.4, 0.5) is 18.0 Å². The summed E-state index contributed by atoms with van der Waals surface area (Å²) in [4.78, 5) is 17.2. The minimum absolute atomic E-state index is 0.0264. The number of rotatable bonds is 1. The molecule has 0 N–H and O–H groups in total. The maximum absolute atomic E-state index is 13.2. The van der Waals surface area contributed by atoms with Crippen LogP contribution in [0.2, 0.25) is 0 Å². The summed E-state index contributed by atoms with van der Waals surface area (Å²) < 4.78 is 45.0. The van der Waals surface area contributed by atoms with Crippen molar-refractivity contribution in [2.75, 3.05) is 0 Å². The highest BCUT2D eigenvalue weighted by molar-refractivity contribution is 5.71. The van der Waals surface area contributed by atoms with Gasteiger partial charge in [0.2, 0.25) is 0 Å². The number of fused-ring (bicyclic) bond motifs is 1. The van der Waals surface area contributed by atoms with Gasteiger partial charge in [-0.05, 0) is 49.6 Å². The van der Waals surface area contributed by atoms with Crippen molar-refractivity contribution in [1.82, 2.24) is 9.88 Å². The molecule has 0 spiro atoms. The summed E-state index contributed by atoms with van der Waals surface area (Å²) in [5.74, 6) is 0. The Balaban J connectivity index is 1.88. The normalized spacial score (nSPS) is 14.3. The molecule has 1 aliphatic rings. The number of hydrogen-bond donors (Lipinski definition) is 0. The van der Waals surface area contributed by atoms with Crippen LogP contribution in [-0.2, 0) is 24.0 Å². The Kier molecular flexibility index (Phi) is 4.42. The van der Waals surface area contributed by atoms with Gasteiger partial charge in [0.1, 0.15) is 5.60 Å². The Morgan fingerprint density at radius 2 is 1.81 bits per heavy atom. The van der Waals surface area contributed by atoms with Crippen LogP contribution in [0, 0.1) is 0 Å². The van der Waals surface area contributed by atoms with Crippen molar-refractivity contribution < 1.29 is 22.7 Å². The quantitative estimate of drug-likeness (QED) is 0.714. The third-order valence-corrected chi connectivity index (χ3v) is 3.97. The average Bonchev–Trinajstić information content (AvgIpc) is 2.95. The first kappa shape index (κ1) is 18.2. The lowest BCUT2D eigenvalue weighted by atomic mass is 9.99. The minimum atomic E-state index is -4.53. The van der Waals surface area contributed by atoms with Gasteiger partial charge in [0.15, 0.2) is 5.69 Å². The predicted molar refractivity (Wildman–Crippen MR) is 90.2 cm³/mol. The van der Waals surface area contributed by atoms with Gasteiger partial charge in [-0.2, -0.15) is 13.2 Å². The van der Waals surface area contributed by atoms with Gasteiger partial charge >= 0.3 is 12.3 Å². The molecule has 0 unspecified atom stereocenters. The number of aromatic nitrogens is 1. The number of hydrogen-bond acceptors (Lipinski definition) is 3. The van der Waals surface area contributed by atoms with E-state index in [1.807, 2.05) is 0 Å². The summed E-state index contributed by atoms with van der Waals surface area (Å²) in [7, 11) is 0. The zero-order valence-corrected chi connectivity index (χ0v) is 14.7. The largest absolute Gasteiger partial charge is 0.444 e. The van der Waals surface area contributed by atoms with Crippen LogP contribution in [0.25, 0.3) is 11.1 Å². The molecule has 0 aliphatic carbocycles. The standard InChI is InChI=1S/C19H19F3N2O2/c1-18(2,3)26-17(25)24-10-13-7-6-12(9-14(13)11-24)15-5-4-8-23-16(15)19(20,21)22/h4-9H,10-11H2,1-3H3. The van der Waals surface area contributed by atoms with Crippen molar-refractivity contribution in [2.24, 2.45) is 0 Å². The van der Waals surface area contributed by atoms with Crippen molar-refractivity contribution in [3.8, 4) is 11.1 Å². The molecule has 26 heavy (non-hydrogen) atoms. The molecular formula is C19H19F3N2O2. The summed E-state index contributed by atoms with van der Waals surface area (Å²) >= 11 is 0. The van der Waals surface area contributed by atoms with E-state index in [1.165, 1.54) is 17.0 Å². The molecule has 1 aromatic carbocycles. The number of benzene rings is 1. The molecule has 4 nitrogen and oxygen atoms in total. The van der Waals surface area contributed by atoms with Gasteiger partial charge in [-0.1, -0.05) is 18.2 Å². The summed E-state index contributed by atoms with van der Waals surface area (Å²) in [6, 6.07) is 7.95. The van der Waals surface area contributed by atoms with Crippen LogP contribution in [-0.4, -0.2) is 21.6 Å². The molecule has 1 aromatic heterocycles. The van der Waals surface area contributed by atoms with Crippen LogP contribution >= 0.6 is 0 Å². The van der Waals surface area contributed by atoms with Crippen molar-refractivity contribution in [3.05, 3.63) is 53.3 Å². The van der Waals surface area contributed by atoms with Crippen LogP contribution in [0.5, 0.6) is 0 Å². The van der Waals surface area contributed by atoms with Crippen LogP contribution in [0.15, 0.2) is 36.5 Å². The van der Waals surface area contributed by atoms with Crippen molar-refractivity contribution in [2.45, 2.75) is 45.6 Å². The molecule has 138 valence electrons. The zero-order chi connectivity index (χ0) is 19.1. The maximum Gasteiger partial charge on any atom is 0.433 e. The highest BCUT2D eigenvalue weighted by atomic mass is 19.4. The number of pyridine rings is 1. The molecule has 7 heteroatoms. The Hall–Kier alpha value is -2.57. The molecule has 0 saturated heterocycles. The van der Waals surface area contributed by atoms with Gasteiger partial charge in [-0.15, -0.1) is 0 Å². The molecule has 0 radical (unpaired) electrons. The third kappa shape index (κ3) is 3.81. The Morgan fingerprint density at radius 1 is 1.12 bits per heavy atom. The SMILES string of the molecule is CC(C)(C)OC(=O)N1Cc2ccc(-c3cccnc3C(F)(F)F)cc2C1. The molecule has 2 aromatic rings. The molecule has 2 heterocycles. The Bertz CT molecular complexity index is 841. The van der Waals surface area contributed by atoms with E-state index in [1.54, 1.807) is 39.0 Å². The molecule has 3 rings (SSSR count). The monoisotopic (exact) mass is 364 g/mol. The lowest BCUT2D eigenvalue weighted by Crippen LogP contribution is -2.33. The predicted octanol–water partition coefficient (Wildman–Crippen LogP) is 5.02. The number of halogens is 3. The fourth-order valence-electron chi connectivity index (χ4n) is 2.88. The Labute approximate surface area is 149 Å². The fourth-order valence-corrected chi connectivity index (χ4v) is 2.88. The second-order valence-corrected chi connectivity index (χ2v) is 7.22. The number of nitrogens with zero attached hydrogens (tertiary/aromatic N) is 2. The third-order valence-electron chi connectivity index (χ3n) is 3.97. The first-order chi connectivity index (χ1) is 12.0. The second-order valence-electron chi connectivity index (χ2n) is 7.22. The molecule has 1 aliphatic heterocycles. The van der Waals surface area contributed by atoms with E-state index in [2.05, 4.69) is 4.98 Å². The van der Waals surface area contributed by atoms with E-state index in [9.17, 15) is 18.0 Å². The number of carbonyl (C=O) groups excluding carboxylic acids is 1. The van der Waals surface area contributed by atoms with E-state index >= 15 is 0 Å². The smallest absolute Gasteiger partial charge is 0.433 e. The Morgan fingerprint density at radius 3 is 2.46 bits per heavy atom. The van der Waals surface area contributed by atoms with Crippen molar-refractivity contribution in [3.63, 3.8) is 0 Å². The van der Waals surface area contributed by atoms with Gasteiger partial charge in [0.25, 0.3) is 0 Å². The number of carbonyl (C=O) groups is 1. The van der Waals surface area contributed by atoms with E-state index < -0.39 is 23.6 Å². The van der Waals surface area contributed by atoms with Crippen LogP contribution in [0.3, 0.4) is 0 Å². The van der Waals surface area contributed by atoms with E-state index in [0.717, 1.165) is 17.3 Å². The highest BCUT2D eigenvalue weighted by Gasteiger charge is 2.36. The summed E-state index contributed by atoms with van der Waals surface area (Å²) in [6.45, 7) is 6.04. The number of alkyl halides is 3. The van der Waals surface area contributed by atoms with E-state index in [4.69, 9.17) is 4.74 Å². The molecule has 1 amide bonds. The minimum Gasteiger partial charge on any atom is -0.444 e. The zero-order valence-electron chi connectivity index (χ0n) is 14.7. The maximum atomic E-state index is 13.2. The van der Waals surface area contributed by atoms with E-state index in [0.29, 0.717) is 18.7 Å². The molecule has 0 atom stereocenters. The molecule has 0 fully saturated rings. The second kappa shape index (κ2) is 6.30. The fraction of sp³-hybridized carbons (Fsp3) is 0.368. The van der Waals surface area contributed by atoms with Crippen molar-refractivity contribution >= 4 is 6.09 Å². The average molecular weight is 364 g/mol. The first-order valence-corrected chi connectivity index (χ1v) is 8.17. The van der Waals surface area contributed by atoms with Gasteiger partial charge in [-0.3, -0.25) is 9.88 Å². The molecular weight excluding hydrogens is 345 g/mol. The molecule has 0 saturated carbocycles. The number of ether oxygens (including phenoxy) is 1. The van der Waals surface area contributed by atoms with Gasteiger partial charge < -0.3 is 4.74 Å². The highest BCUT2D eigenvalue weighted by Crippen LogP contribution is 2.37. The summed E-state index contributed by atoms with van der Waals surface area (Å²) in [5, 5.41) is 0. The number of amides is 1. The lowest BCUT2D eigenvalue weighted by Gasteiger charge is -2.24. The molecule has 0 bridgehead atoms. The first-order valence-electron chi connectivity index (χ1n) is 8.17. The summed E-state index contributed by atoms with van der Waals surface area (Å²) in [6.07, 6.45) is -3.84. The van der Waals surface area contributed by atoms with Gasteiger partial charge in [0, 0.05) is 24.8 Å². The topological polar surface area (TPSA) is 42.4 Å². The van der Waals surface area contributed by atoms with Crippen molar-refractivity contribution in [1.29, 1.82) is 0 Å². The van der Waals surface area contributed by atoms with E-state index in [-0.39, 0.29) is 5.56 Å². The van der Waals surface area contributed by atoms with Crippen LogP contribution in [0.1, 0.15) is 37.6 Å². The van der Waals surface area contributed by atoms with Gasteiger partial charge in [0.05, 0.1) is 0 Å². The van der Waals surface area contributed by atoms with Gasteiger partial charge in [-0.25, -0.2) is 4.79 Å². The van der Waals surface area contributed by atoms with Crippen LogP contribution < -0.4 is 0 Å². The lowest BCUT2D eigenvalue weighted by molar-refractivity contribution is -0.140.